The maximum absolute atomic E-state index is 9.49. The summed E-state index contributed by atoms with van der Waals surface area (Å²) in [5.41, 5.74) is 5.35. The zero-order valence-electron chi connectivity index (χ0n) is 6.58. The average Bonchev–Trinajstić information content (AvgIpc) is 1.83. The smallest absolute Gasteiger partial charge is 0.0633 e. The molecule has 2 atom stereocenters. The van der Waals surface area contributed by atoms with Crippen molar-refractivity contribution < 1.29 is 10.2 Å². The second kappa shape index (κ2) is 1.97. The molecule has 0 bridgehead atoms. The van der Waals surface area contributed by atoms with Crippen LogP contribution < -0.4 is 5.73 Å². The SMILES string of the molecule is N[C@@]1(CO)C[C@@H](O)C12CCC2. The second-order valence-electron chi connectivity index (χ2n) is 4.04. The van der Waals surface area contributed by atoms with E-state index >= 15 is 0 Å². The van der Waals surface area contributed by atoms with E-state index in [1.807, 2.05) is 0 Å². The van der Waals surface area contributed by atoms with E-state index in [1.165, 1.54) is 0 Å². The molecule has 0 aromatic rings. The average molecular weight is 157 g/mol. The maximum atomic E-state index is 9.49. The summed E-state index contributed by atoms with van der Waals surface area (Å²) < 4.78 is 0. The topological polar surface area (TPSA) is 66.5 Å². The van der Waals surface area contributed by atoms with Crippen molar-refractivity contribution in [3.05, 3.63) is 0 Å². The van der Waals surface area contributed by atoms with E-state index < -0.39 is 5.54 Å². The molecule has 1 spiro atoms. The Kier molecular flexibility index (Phi) is 1.35. The van der Waals surface area contributed by atoms with Gasteiger partial charge in [-0.05, 0) is 19.3 Å². The lowest BCUT2D eigenvalue weighted by atomic mass is 9.44. The van der Waals surface area contributed by atoms with E-state index in [2.05, 4.69) is 0 Å². The van der Waals surface area contributed by atoms with E-state index in [-0.39, 0.29) is 18.1 Å². The van der Waals surface area contributed by atoms with Crippen LogP contribution in [-0.2, 0) is 0 Å². The van der Waals surface area contributed by atoms with Crippen molar-refractivity contribution in [2.45, 2.75) is 37.3 Å². The molecular formula is C8H15NO2. The molecule has 2 saturated carbocycles. The maximum Gasteiger partial charge on any atom is 0.0633 e. The number of hydrogen-bond acceptors (Lipinski definition) is 3. The van der Waals surface area contributed by atoms with Gasteiger partial charge in [0.2, 0.25) is 0 Å². The van der Waals surface area contributed by atoms with Gasteiger partial charge in [-0.15, -0.1) is 0 Å². The van der Waals surface area contributed by atoms with Crippen LogP contribution in [0.1, 0.15) is 25.7 Å². The summed E-state index contributed by atoms with van der Waals surface area (Å²) in [4.78, 5) is 0. The lowest BCUT2D eigenvalue weighted by molar-refractivity contribution is -0.196. The third-order valence-corrected chi connectivity index (χ3v) is 3.71. The van der Waals surface area contributed by atoms with Gasteiger partial charge in [0.1, 0.15) is 0 Å². The van der Waals surface area contributed by atoms with Crippen LogP contribution in [0.2, 0.25) is 0 Å². The zero-order chi connectivity index (χ0) is 8.11. The van der Waals surface area contributed by atoms with E-state index in [4.69, 9.17) is 10.8 Å². The van der Waals surface area contributed by atoms with E-state index in [9.17, 15) is 5.11 Å². The fraction of sp³-hybridized carbons (Fsp3) is 1.00. The molecule has 0 unspecified atom stereocenters. The van der Waals surface area contributed by atoms with Crippen molar-refractivity contribution in [1.29, 1.82) is 0 Å². The van der Waals surface area contributed by atoms with Gasteiger partial charge >= 0.3 is 0 Å². The zero-order valence-corrected chi connectivity index (χ0v) is 6.58. The van der Waals surface area contributed by atoms with Crippen LogP contribution in [0.5, 0.6) is 0 Å². The Hall–Kier alpha value is -0.120. The van der Waals surface area contributed by atoms with Crippen molar-refractivity contribution in [3.63, 3.8) is 0 Å². The van der Waals surface area contributed by atoms with Gasteiger partial charge in [-0.3, -0.25) is 0 Å². The third-order valence-electron chi connectivity index (χ3n) is 3.71. The first-order valence-corrected chi connectivity index (χ1v) is 4.22. The van der Waals surface area contributed by atoms with Crippen LogP contribution in [-0.4, -0.2) is 28.5 Å². The summed E-state index contributed by atoms with van der Waals surface area (Å²) in [6.45, 7) is 0.0179. The Morgan fingerprint density at radius 2 is 2.09 bits per heavy atom. The van der Waals surface area contributed by atoms with Crippen molar-refractivity contribution in [1.82, 2.24) is 0 Å². The van der Waals surface area contributed by atoms with Crippen molar-refractivity contribution in [2.24, 2.45) is 11.1 Å². The van der Waals surface area contributed by atoms with Gasteiger partial charge in [0.15, 0.2) is 0 Å². The number of hydrogen-bond donors (Lipinski definition) is 3. The number of aliphatic hydroxyl groups excluding tert-OH is 2. The first-order valence-electron chi connectivity index (χ1n) is 4.22. The molecule has 2 aliphatic rings. The summed E-state index contributed by atoms with van der Waals surface area (Å²) in [7, 11) is 0. The molecule has 0 aromatic carbocycles. The van der Waals surface area contributed by atoms with Gasteiger partial charge in [-0.2, -0.15) is 0 Å². The van der Waals surface area contributed by atoms with Crippen molar-refractivity contribution >= 4 is 0 Å². The molecule has 0 amide bonds. The highest BCUT2D eigenvalue weighted by Gasteiger charge is 2.65. The lowest BCUT2D eigenvalue weighted by Crippen LogP contribution is -2.75. The lowest BCUT2D eigenvalue weighted by Gasteiger charge is -2.65. The minimum atomic E-state index is -0.468. The molecule has 3 nitrogen and oxygen atoms in total. The molecule has 0 aliphatic heterocycles. The summed E-state index contributed by atoms with van der Waals surface area (Å²) in [5.74, 6) is 0. The molecule has 0 radical (unpaired) electrons. The van der Waals surface area contributed by atoms with Crippen molar-refractivity contribution in [2.75, 3.05) is 6.61 Å². The fourth-order valence-corrected chi connectivity index (χ4v) is 2.56. The molecule has 0 heterocycles. The molecule has 64 valence electrons. The molecule has 0 aromatic heterocycles. The molecule has 4 N–H and O–H groups in total. The normalized spacial score (nSPS) is 46.6. The quantitative estimate of drug-likeness (QED) is 0.485. The van der Waals surface area contributed by atoms with Gasteiger partial charge in [-0.1, -0.05) is 6.42 Å². The molecular weight excluding hydrogens is 142 g/mol. The van der Waals surface area contributed by atoms with Gasteiger partial charge in [0, 0.05) is 11.0 Å². The molecule has 0 saturated heterocycles. The molecule has 11 heavy (non-hydrogen) atoms. The van der Waals surface area contributed by atoms with Crippen LogP contribution in [0.4, 0.5) is 0 Å². The van der Waals surface area contributed by atoms with E-state index in [0.29, 0.717) is 6.42 Å². The highest BCUT2D eigenvalue weighted by molar-refractivity contribution is 5.19. The molecule has 2 aliphatic carbocycles. The van der Waals surface area contributed by atoms with Crippen LogP contribution >= 0.6 is 0 Å². The van der Waals surface area contributed by atoms with Crippen LogP contribution in [0, 0.1) is 5.41 Å². The summed E-state index contributed by atoms with van der Waals surface area (Å²) in [5, 5.41) is 18.5. The summed E-state index contributed by atoms with van der Waals surface area (Å²) in [6, 6.07) is 0. The Labute approximate surface area is 66.2 Å². The highest BCUT2D eigenvalue weighted by Crippen LogP contribution is 2.60. The predicted molar refractivity (Wildman–Crippen MR) is 40.9 cm³/mol. The monoisotopic (exact) mass is 157 g/mol. The standard InChI is InChI=1S/C8H15NO2/c9-8(5-10)4-6(11)7(8)2-1-3-7/h6,10-11H,1-5,9H2/t6-,8-/m1/s1. The van der Waals surface area contributed by atoms with E-state index in [0.717, 1.165) is 19.3 Å². The minimum Gasteiger partial charge on any atom is -0.394 e. The predicted octanol–water partition coefficient (Wildman–Crippen LogP) is -0.389. The first-order chi connectivity index (χ1) is 5.15. The van der Waals surface area contributed by atoms with Crippen LogP contribution in [0.3, 0.4) is 0 Å². The summed E-state index contributed by atoms with van der Waals surface area (Å²) in [6.07, 6.45) is 3.45. The van der Waals surface area contributed by atoms with Crippen LogP contribution in [0.15, 0.2) is 0 Å². The first kappa shape index (κ1) is 7.53. The van der Waals surface area contributed by atoms with Gasteiger partial charge in [0.25, 0.3) is 0 Å². The fourth-order valence-electron chi connectivity index (χ4n) is 2.56. The van der Waals surface area contributed by atoms with E-state index in [1.54, 1.807) is 0 Å². The Balaban J connectivity index is 2.16. The third kappa shape index (κ3) is 0.643. The van der Waals surface area contributed by atoms with Gasteiger partial charge in [0.05, 0.1) is 12.7 Å². The Morgan fingerprint density at radius 1 is 1.45 bits per heavy atom. The highest BCUT2D eigenvalue weighted by atomic mass is 16.3. The van der Waals surface area contributed by atoms with Crippen LogP contribution in [0.25, 0.3) is 0 Å². The molecule has 3 heteroatoms. The molecule has 2 fully saturated rings. The number of nitrogens with two attached hydrogens (primary N) is 1. The minimum absolute atomic E-state index is 0.0179. The second-order valence-corrected chi connectivity index (χ2v) is 4.04. The van der Waals surface area contributed by atoms with Crippen molar-refractivity contribution in [3.8, 4) is 0 Å². The molecule has 2 rings (SSSR count). The van der Waals surface area contributed by atoms with Gasteiger partial charge < -0.3 is 15.9 Å². The largest absolute Gasteiger partial charge is 0.394 e. The summed E-state index contributed by atoms with van der Waals surface area (Å²) >= 11 is 0. The number of rotatable bonds is 1. The Bertz CT molecular complexity index is 179. The Morgan fingerprint density at radius 3 is 2.27 bits per heavy atom. The van der Waals surface area contributed by atoms with Gasteiger partial charge in [-0.25, -0.2) is 0 Å². The number of aliphatic hydroxyl groups is 2.